The number of ether oxygens (including phenoxy) is 3. The molecule has 25 heavy (non-hydrogen) atoms. The van der Waals surface area contributed by atoms with Crippen LogP contribution in [0.4, 0.5) is 0 Å². The second-order valence-electron chi connectivity index (χ2n) is 6.31. The molecule has 0 unspecified atom stereocenters. The lowest BCUT2D eigenvalue weighted by Crippen LogP contribution is -2.11. The monoisotopic (exact) mass is 358 g/mol. The van der Waals surface area contributed by atoms with Gasteiger partial charge in [0.05, 0.1) is 33.0 Å². The average Bonchev–Trinajstić information content (AvgIpc) is 2.64. The Morgan fingerprint density at radius 1 is 0.720 bits per heavy atom. The molecule has 144 valence electrons. The van der Waals surface area contributed by atoms with Crippen molar-refractivity contribution in [2.45, 2.75) is 58.3 Å². The van der Waals surface area contributed by atoms with Gasteiger partial charge in [-0.1, -0.05) is 57.6 Å². The molecule has 0 aliphatic rings. The van der Waals surface area contributed by atoms with Gasteiger partial charge in [0.2, 0.25) is 0 Å². The largest absolute Gasteiger partial charge is 0.491 e. The van der Waals surface area contributed by atoms with Crippen molar-refractivity contribution in [1.29, 1.82) is 0 Å². The van der Waals surface area contributed by atoms with Gasteiger partial charge in [-0.15, -0.1) is 0 Å². The zero-order valence-corrected chi connectivity index (χ0v) is 15.9. The van der Waals surface area contributed by atoms with Crippen molar-refractivity contribution in [2.75, 3.05) is 39.6 Å². The van der Waals surface area contributed by atoms with Gasteiger partial charge >= 0.3 is 0 Å². The highest BCUT2D eigenvalue weighted by molar-refractivity contribution is 5.27. The smallest absolute Gasteiger partial charge is 0.119 e. The van der Waals surface area contributed by atoms with Gasteiger partial charge in [0.15, 0.2) is 0 Å². The van der Waals surface area contributed by atoms with Gasteiger partial charge in [0, 0.05) is 0 Å². The van der Waals surface area contributed by atoms with Gasteiger partial charge in [-0.05, 0) is 30.5 Å². The fourth-order valence-corrected chi connectivity index (χ4v) is 2.64. The van der Waals surface area contributed by atoms with Crippen molar-refractivity contribution >= 4 is 0 Å². The summed E-state index contributed by atoms with van der Waals surface area (Å²) >= 11 is 0. The summed E-state index contributed by atoms with van der Waals surface area (Å²) in [6, 6.07) is 8.41. The third kappa shape index (κ3) is 12.9. The van der Waals surface area contributed by atoms with Crippen molar-refractivity contribution in [3.63, 3.8) is 0 Å². The van der Waals surface area contributed by atoms with Gasteiger partial charge in [-0.2, -0.15) is 0 Å². The number of rotatable bonds is 17. The number of hydrogen-bond acceptors (Lipinski definition) is 4. The minimum Gasteiger partial charge on any atom is -0.491 e. The molecule has 1 N–H and O–H groups in total. The normalized spacial score (nSPS) is 11.0. The van der Waals surface area contributed by atoms with Crippen molar-refractivity contribution in [3.05, 3.63) is 29.8 Å². The Bertz CT molecular complexity index is 391. The Morgan fingerprint density at radius 3 is 2.00 bits per heavy atom. The van der Waals surface area contributed by atoms with Crippen LogP contribution in [-0.2, 0) is 15.9 Å². The number of hydrogen-bond donors (Lipinski definition) is 1. The van der Waals surface area contributed by atoms with E-state index in [2.05, 4.69) is 19.1 Å². The maximum absolute atomic E-state index is 8.57. The molecule has 1 rings (SSSR count). The van der Waals surface area contributed by atoms with E-state index in [1.165, 1.54) is 50.5 Å². The Hall–Kier alpha value is -1.10. The maximum atomic E-state index is 8.57. The van der Waals surface area contributed by atoms with E-state index in [1.54, 1.807) is 0 Å². The maximum Gasteiger partial charge on any atom is 0.119 e. The number of unbranched alkanes of at least 4 members (excludes halogenated alkanes) is 6. The zero-order chi connectivity index (χ0) is 18.0. The van der Waals surface area contributed by atoms with E-state index in [0.29, 0.717) is 33.0 Å². The summed E-state index contributed by atoms with van der Waals surface area (Å²) in [6.07, 6.45) is 10.6. The molecule has 0 fully saturated rings. The third-order valence-corrected chi connectivity index (χ3v) is 4.10. The topological polar surface area (TPSA) is 47.9 Å². The molecule has 0 aliphatic heterocycles. The van der Waals surface area contributed by atoms with Crippen LogP contribution in [0.15, 0.2) is 24.3 Å². The van der Waals surface area contributed by atoms with E-state index in [-0.39, 0.29) is 6.61 Å². The molecule has 1 aromatic carbocycles. The van der Waals surface area contributed by atoms with Gasteiger partial charge in [0.1, 0.15) is 12.4 Å². The average molecular weight is 358 g/mol. The van der Waals surface area contributed by atoms with Crippen LogP contribution in [0.2, 0.25) is 0 Å². The molecule has 1 aromatic rings. The molecule has 0 saturated heterocycles. The predicted octanol–water partition coefficient (Wildman–Crippen LogP) is 4.38. The summed E-state index contributed by atoms with van der Waals surface area (Å²) in [6.45, 7) is 4.80. The van der Waals surface area contributed by atoms with Gasteiger partial charge < -0.3 is 19.3 Å². The molecular weight excluding hydrogens is 322 g/mol. The van der Waals surface area contributed by atoms with E-state index in [0.717, 1.165) is 12.2 Å². The highest BCUT2D eigenvalue weighted by Crippen LogP contribution is 2.15. The molecule has 0 aromatic heterocycles. The molecule has 4 nitrogen and oxygen atoms in total. The minimum atomic E-state index is 0.0536. The Kier molecular flexibility index (Phi) is 14.4. The first-order chi connectivity index (χ1) is 12.4. The zero-order valence-electron chi connectivity index (χ0n) is 15.9. The van der Waals surface area contributed by atoms with Gasteiger partial charge in [-0.25, -0.2) is 0 Å². The molecule has 0 saturated carbocycles. The van der Waals surface area contributed by atoms with Crippen LogP contribution >= 0.6 is 0 Å². The summed E-state index contributed by atoms with van der Waals surface area (Å²) in [4.78, 5) is 0. The van der Waals surface area contributed by atoms with Crippen molar-refractivity contribution in [1.82, 2.24) is 0 Å². The lowest BCUT2D eigenvalue weighted by molar-refractivity contribution is 0.0247. The molecule has 0 heterocycles. The standard InChI is InChI=1S/C21H36O4/c1-2-3-4-5-6-7-8-9-20-10-12-21(13-11-20)25-19-18-24-17-16-23-15-14-22/h10-13,22H,2-9,14-19H2,1H3/i10+1,11+1,12+1,13+1,20+1,21+1. The Morgan fingerprint density at radius 2 is 1.32 bits per heavy atom. The van der Waals surface area contributed by atoms with Crippen LogP contribution < -0.4 is 4.74 Å². The molecule has 0 atom stereocenters. The molecule has 0 bridgehead atoms. The molecule has 4 heteroatoms. The highest BCUT2D eigenvalue weighted by atomic mass is 16.6. The number of benzene rings is 1. The summed E-state index contributed by atoms with van der Waals surface area (Å²) in [7, 11) is 0. The van der Waals surface area contributed by atoms with Crippen LogP contribution in [0.1, 0.15) is 57.4 Å². The van der Waals surface area contributed by atoms with Crippen LogP contribution in [-0.4, -0.2) is 44.7 Å². The van der Waals surface area contributed by atoms with Gasteiger partial charge in [-0.3, -0.25) is 0 Å². The fraction of sp³-hybridized carbons (Fsp3) is 0.714. The van der Waals surface area contributed by atoms with E-state index < -0.39 is 0 Å². The van der Waals surface area contributed by atoms with Crippen LogP contribution in [0.3, 0.4) is 0 Å². The molecule has 0 radical (unpaired) electrons. The van der Waals surface area contributed by atoms with E-state index in [1.807, 2.05) is 12.1 Å². The first-order valence-electron chi connectivity index (χ1n) is 9.85. The van der Waals surface area contributed by atoms with Crippen LogP contribution in [0.5, 0.6) is 5.75 Å². The lowest BCUT2D eigenvalue weighted by atomic mass is 10.1. The van der Waals surface area contributed by atoms with Crippen molar-refractivity contribution in [2.24, 2.45) is 0 Å². The first-order valence-corrected chi connectivity index (χ1v) is 9.85. The summed E-state index contributed by atoms with van der Waals surface area (Å²) in [5.74, 6) is 0.892. The van der Waals surface area contributed by atoms with E-state index in [9.17, 15) is 0 Å². The SMILES string of the molecule is CCCCCCCCC[13c]1[13cH][13cH][13c](OCCOCCOCCO)[13cH][13cH]1. The Balaban J connectivity index is 2.00. The molecule has 0 amide bonds. The summed E-state index contributed by atoms with van der Waals surface area (Å²) in [5, 5.41) is 8.57. The number of aliphatic hydroxyl groups is 1. The fourth-order valence-electron chi connectivity index (χ4n) is 2.64. The molecular formula is C21H36O4. The number of aryl methyl sites for hydroxylation is 1. The quantitative estimate of drug-likeness (QED) is 0.420. The predicted molar refractivity (Wildman–Crippen MR) is 102 cm³/mol. The van der Waals surface area contributed by atoms with E-state index in [4.69, 9.17) is 19.3 Å². The molecule has 0 aliphatic carbocycles. The Labute approximate surface area is 153 Å². The second-order valence-corrected chi connectivity index (χ2v) is 6.31. The van der Waals surface area contributed by atoms with Crippen molar-refractivity contribution in [3.8, 4) is 5.75 Å². The summed E-state index contributed by atoms with van der Waals surface area (Å²) < 4.78 is 16.2. The third-order valence-electron chi connectivity index (χ3n) is 4.10. The van der Waals surface area contributed by atoms with Gasteiger partial charge in [0.25, 0.3) is 0 Å². The minimum absolute atomic E-state index is 0.0536. The second kappa shape index (κ2) is 16.4. The van der Waals surface area contributed by atoms with Crippen LogP contribution in [0.25, 0.3) is 0 Å². The summed E-state index contributed by atoms with van der Waals surface area (Å²) in [5.41, 5.74) is 1.39. The first kappa shape index (κ1) is 21.9. The van der Waals surface area contributed by atoms with Crippen LogP contribution in [0, 0.1) is 0 Å². The number of aliphatic hydroxyl groups excluding tert-OH is 1. The van der Waals surface area contributed by atoms with E-state index >= 15 is 0 Å². The highest BCUT2D eigenvalue weighted by Gasteiger charge is 1.98. The lowest BCUT2D eigenvalue weighted by Gasteiger charge is -2.08. The molecule has 0 spiro atoms. The van der Waals surface area contributed by atoms with Crippen molar-refractivity contribution < 1.29 is 19.3 Å².